The molecule has 2 aromatic carbocycles. The Bertz CT molecular complexity index is 1180. The largest absolute Gasteiger partial charge is 0.496 e. The molecular formula is C25H27Cl2N3O2S. The van der Waals surface area contributed by atoms with Crippen LogP contribution in [0, 0.1) is 0 Å². The lowest BCUT2D eigenvalue weighted by atomic mass is 9.79. The molecule has 1 N–H and O–H groups in total. The lowest BCUT2D eigenvalue weighted by Crippen LogP contribution is -2.48. The van der Waals surface area contributed by atoms with Gasteiger partial charge in [0.2, 0.25) is 0 Å². The SMILES string of the molecule is CCN1c2cc(OC)c(/C=C3/SC(=Nc4ccc(Cl)c(Cl)c4)NC3=O)cc2C(C)CC1(C)C. The summed E-state index contributed by atoms with van der Waals surface area (Å²) in [7, 11) is 1.66. The number of ether oxygens (including phenoxy) is 1. The van der Waals surface area contributed by atoms with E-state index in [9.17, 15) is 4.79 Å². The Morgan fingerprint density at radius 3 is 2.70 bits per heavy atom. The van der Waals surface area contributed by atoms with E-state index in [1.807, 2.05) is 6.08 Å². The van der Waals surface area contributed by atoms with Crippen molar-refractivity contribution in [2.24, 2.45) is 4.99 Å². The van der Waals surface area contributed by atoms with E-state index >= 15 is 0 Å². The number of benzene rings is 2. The normalized spacial score (nSPS) is 22.0. The number of thioether (sulfide) groups is 1. The molecule has 1 amide bonds. The van der Waals surface area contributed by atoms with Crippen LogP contribution in [0.3, 0.4) is 0 Å². The van der Waals surface area contributed by atoms with E-state index in [1.165, 1.54) is 23.0 Å². The average Bonchev–Trinajstić information content (AvgIpc) is 3.09. The van der Waals surface area contributed by atoms with Crippen LogP contribution >= 0.6 is 35.0 Å². The van der Waals surface area contributed by atoms with Crippen molar-refractivity contribution >= 4 is 63.5 Å². The van der Waals surface area contributed by atoms with Crippen LogP contribution in [0.4, 0.5) is 11.4 Å². The molecule has 0 spiro atoms. The number of halogens is 2. The third-order valence-corrected chi connectivity index (χ3v) is 7.77. The molecule has 1 unspecified atom stereocenters. The predicted molar refractivity (Wildman–Crippen MR) is 140 cm³/mol. The van der Waals surface area contributed by atoms with Crippen molar-refractivity contribution in [2.45, 2.75) is 45.6 Å². The van der Waals surface area contributed by atoms with Crippen molar-refractivity contribution in [3.8, 4) is 5.75 Å². The number of hydrogen-bond donors (Lipinski definition) is 1. The van der Waals surface area contributed by atoms with Crippen molar-refractivity contribution in [3.05, 3.63) is 56.4 Å². The monoisotopic (exact) mass is 503 g/mol. The zero-order valence-electron chi connectivity index (χ0n) is 19.3. The van der Waals surface area contributed by atoms with Gasteiger partial charge in [-0.1, -0.05) is 30.1 Å². The Kier molecular flexibility index (Phi) is 6.72. The summed E-state index contributed by atoms with van der Waals surface area (Å²) in [5, 5.41) is 4.20. The van der Waals surface area contributed by atoms with Gasteiger partial charge < -0.3 is 15.0 Å². The Morgan fingerprint density at radius 1 is 1.27 bits per heavy atom. The quantitative estimate of drug-likeness (QED) is 0.456. The first-order valence-corrected chi connectivity index (χ1v) is 12.4. The molecule has 0 bridgehead atoms. The molecule has 1 saturated heterocycles. The second-order valence-electron chi connectivity index (χ2n) is 8.89. The smallest absolute Gasteiger partial charge is 0.264 e. The highest BCUT2D eigenvalue weighted by Crippen LogP contribution is 2.46. The molecule has 5 nitrogen and oxygen atoms in total. The highest BCUT2D eigenvalue weighted by Gasteiger charge is 2.36. The van der Waals surface area contributed by atoms with Crippen LogP contribution in [0.15, 0.2) is 40.2 Å². The Labute approximate surface area is 209 Å². The fourth-order valence-electron chi connectivity index (χ4n) is 4.71. The number of carbonyl (C=O) groups is 1. The zero-order valence-corrected chi connectivity index (χ0v) is 21.7. The number of hydrogen-bond acceptors (Lipinski definition) is 5. The van der Waals surface area contributed by atoms with E-state index in [2.05, 4.69) is 55.0 Å². The summed E-state index contributed by atoms with van der Waals surface area (Å²) >= 11 is 13.3. The standard InChI is InChI=1S/C25H27Cl2N3O2S/c1-6-30-20-12-21(32-5)15(9-17(20)14(2)13-25(30,3)4)10-22-23(31)29-24(33-22)28-16-7-8-18(26)19(27)11-16/h7-12,14H,6,13H2,1-5H3,(H,28,29,31)/b22-10+. The lowest BCUT2D eigenvalue weighted by Gasteiger charge is -2.47. The maximum absolute atomic E-state index is 12.7. The number of amidine groups is 1. The molecule has 0 saturated carbocycles. The van der Waals surface area contributed by atoms with E-state index in [-0.39, 0.29) is 11.4 Å². The van der Waals surface area contributed by atoms with Gasteiger partial charge in [0.25, 0.3) is 5.91 Å². The van der Waals surface area contributed by atoms with Crippen molar-refractivity contribution in [2.75, 3.05) is 18.6 Å². The van der Waals surface area contributed by atoms with Gasteiger partial charge in [-0.15, -0.1) is 0 Å². The van der Waals surface area contributed by atoms with Gasteiger partial charge in [-0.05, 0) is 80.8 Å². The molecule has 2 aliphatic rings. The van der Waals surface area contributed by atoms with Crippen LogP contribution < -0.4 is 15.0 Å². The van der Waals surface area contributed by atoms with Crippen molar-refractivity contribution in [1.29, 1.82) is 0 Å². The summed E-state index contributed by atoms with van der Waals surface area (Å²) in [5.74, 6) is 0.952. The molecule has 1 atom stereocenters. The molecule has 4 rings (SSSR count). The number of anilines is 1. The molecule has 0 radical (unpaired) electrons. The van der Waals surface area contributed by atoms with Gasteiger partial charge in [0.1, 0.15) is 5.75 Å². The van der Waals surface area contributed by atoms with Gasteiger partial charge in [-0.2, -0.15) is 0 Å². The van der Waals surface area contributed by atoms with E-state index in [4.69, 9.17) is 27.9 Å². The zero-order chi connectivity index (χ0) is 23.9. The molecule has 174 valence electrons. The van der Waals surface area contributed by atoms with Gasteiger partial charge in [0.15, 0.2) is 5.17 Å². The first-order valence-electron chi connectivity index (χ1n) is 10.9. The second-order valence-corrected chi connectivity index (χ2v) is 10.7. The van der Waals surface area contributed by atoms with Crippen molar-refractivity contribution < 1.29 is 9.53 Å². The first-order chi connectivity index (χ1) is 15.6. The van der Waals surface area contributed by atoms with E-state index in [0.29, 0.717) is 31.7 Å². The Morgan fingerprint density at radius 2 is 2.03 bits per heavy atom. The molecule has 2 heterocycles. The molecule has 8 heteroatoms. The maximum Gasteiger partial charge on any atom is 0.264 e. The Hall–Kier alpha value is -2.15. The second kappa shape index (κ2) is 9.24. The van der Waals surface area contributed by atoms with E-state index in [0.717, 1.165) is 24.3 Å². The minimum atomic E-state index is -0.192. The fraction of sp³-hybridized carbons (Fsp3) is 0.360. The summed E-state index contributed by atoms with van der Waals surface area (Å²) in [6.45, 7) is 9.93. The van der Waals surface area contributed by atoms with Gasteiger partial charge in [0, 0.05) is 29.4 Å². The van der Waals surface area contributed by atoms with Gasteiger partial charge >= 0.3 is 0 Å². The summed E-state index contributed by atoms with van der Waals surface area (Å²) in [5.41, 5.74) is 4.05. The minimum Gasteiger partial charge on any atom is -0.496 e. The number of fused-ring (bicyclic) bond motifs is 1. The highest BCUT2D eigenvalue weighted by molar-refractivity contribution is 8.18. The van der Waals surface area contributed by atoms with Crippen LogP contribution in [0.25, 0.3) is 6.08 Å². The third-order valence-electron chi connectivity index (χ3n) is 6.12. The number of aliphatic imine (C=N–C) groups is 1. The van der Waals surface area contributed by atoms with E-state index < -0.39 is 0 Å². The third kappa shape index (κ3) is 4.75. The van der Waals surface area contributed by atoms with Crippen LogP contribution in [-0.2, 0) is 4.79 Å². The number of rotatable bonds is 4. The van der Waals surface area contributed by atoms with E-state index in [1.54, 1.807) is 25.3 Å². The summed E-state index contributed by atoms with van der Waals surface area (Å²) < 4.78 is 5.73. The number of nitrogens with one attached hydrogen (secondary N) is 1. The van der Waals surface area contributed by atoms with Crippen molar-refractivity contribution in [3.63, 3.8) is 0 Å². The number of nitrogens with zero attached hydrogens (tertiary/aromatic N) is 2. The lowest BCUT2D eigenvalue weighted by molar-refractivity contribution is -0.115. The molecule has 2 aromatic rings. The number of methoxy groups -OCH3 is 1. The predicted octanol–water partition coefficient (Wildman–Crippen LogP) is 7.01. The Balaban J connectivity index is 1.69. The fourth-order valence-corrected chi connectivity index (χ4v) is 5.83. The summed E-state index contributed by atoms with van der Waals surface area (Å²) in [4.78, 5) is 20.1. The maximum atomic E-state index is 12.7. The van der Waals surface area contributed by atoms with Crippen LogP contribution in [-0.4, -0.2) is 30.3 Å². The van der Waals surface area contributed by atoms with Gasteiger partial charge in [-0.3, -0.25) is 4.79 Å². The number of carbonyl (C=O) groups excluding carboxylic acids is 1. The molecule has 33 heavy (non-hydrogen) atoms. The summed E-state index contributed by atoms with van der Waals surface area (Å²) in [6.07, 6.45) is 2.94. The molecular weight excluding hydrogens is 477 g/mol. The highest BCUT2D eigenvalue weighted by atomic mass is 35.5. The molecule has 2 aliphatic heterocycles. The molecule has 0 aliphatic carbocycles. The number of amides is 1. The van der Waals surface area contributed by atoms with Crippen LogP contribution in [0.5, 0.6) is 5.75 Å². The van der Waals surface area contributed by atoms with Gasteiger partial charge in [0.05, 0.1) is 27.7 Å². The first kappa shape index (κ1) is 24.0. The van der Waals surface area contributed by atoms with Gasteiger partial charge in [-0.25, -0.2) is 4.99 Å². The van der Waals surface area contributed by atoms with Crippen molar-refractivity contribution in [1.82, 2.24) is 5.32 Å². The molecule has 0 aromatic heterocycles. The molecule has 1 fully saturated rings. The summed E-state index contributed by atoms with van der Waals surface area (Å²) in [6, 6.07) is 9.36. The van der Waals surface area contributed by atoms with Crippen LogP contribution in [0.1, 0.15) is 51.2 Å². The van der Waals surface area contributed by atoms with Crippen LogP contribution in [0.2, 0.25) is 10.0 Å². The average molecular weight is 504 g/mol. The topological polar surface area (TPSA) is 53.9 Å². The minimum absolute atomic E-state index is 0.0727.